The van der Waals surface area contributed by atoms with E-state index in [9.17, 15) is 27.9 Å². The average molecular weight is 571 g/mol. The number of hydrogen-bond acceptors (Lipinski definition) is 7. The number of aromatic nitrogens is 1. The molecule has 1 heterocycles. The largest absolute Gasteiger partial charge is 0.493 e. The molecule has 2 aromatic rings. The van der Waals surface area contributed by atoms with Crippen molar-refractivity contribution in [2.24, 2.45) is 0 Å². The van der Waals surface area contributed by atoms with Crippen molar-refractivity contribution in [2.45, 2.75) is 85.6 Å². The van der Waals surface area contributed by atoms with Gasteiger partial charge in [0.05, 0.1) is 19.3 Å². The van der Waals surface area contributed by atoms with E-state index in [1.165, 1.54) is 31.4 Å². The zero-order chi connectivity index (χ0) is 30.8. The van der Waals surface area contributed by atoms with Gasteiger partial charge in [0.25, 0.3) is 5.91 Å². The number of aliphatic hydroxyl groups is 1. The molecule has 0 bridgehead atoms. The van der Waals surface area contributed by atoms with E-state index in [4.69, 9.17) is 14.2 Å². The van der Waals surface area contributed by atoms with Gasteiger partial charge in [-0.05, 0) is 62.1 Å². The molecule has 2 unspecified atom stereocenters. The Kier molecular flexibility index (Phi) is 12.9. The summed E-state index contributed by atoms with van der Waals surface area (Å²) in [4.78, 5) is 28.2. The highest BCUT2D eigenvalue weighted by atomic mass is 19.4. The van der Waals surface area contributed by atoms with Crippen LogP contribution >= 0.6 is 0 Å². The summed E-state index contributed by atoms with van der Waals surface area (Å²) in [5.74, 6) is -0.950. The maximum absolute atomic E-state index is 14.1. The Labute approximate surface area is 234 Å². The number of rotatable bonds is 11. The minimum atomic E-state index is -5.11. The lowest BCUT2D eigenvalue weighted by molar-refractivity contribution is -0.265. The van der Waals surface area contributed by atoms with Gasteiger partial charge in [-0.25, -0.2) is 0 Å². The topological polar surface area (TPSA) is 107 Å². The molecular formula is C29H41F3N2O6. The summed E-state index contributed by atoms with van der Waals surface area (Å²) in [6.45, 7) is 13.2. The van der Waals surface area contributed by atoms with Crippen molar-refractivity contribution in [3.8, 4) is 11.5 Å². The molecule has 0 saturated carbocycles. The van der Waals surface area contributed by atoms with Gasteiger partial charge in [-0.2, -0.15) is 13.2 Å². The van der Waals surface area contributed by atoms with E-state index >= 15 is 0 Å². The maximum Gasteiger partial charge on any atom is 0.424 e. The van der Waals surface area contributed by atoms with E-state index < -0.39 is 36.0 Å². The number of halogens is 3. The van der Waals surface area contributed by atoms with Crippen LogP contribution in [-0.4, -0.2) is 54.5 Å². The second-order valence-corrected chi connectivity index (χ2v) is 9.33. The van der Waals surface area contributed by atoms with Crippen molar-refractivity contribution in [3.05, 3.63) is 52.3 Å². The molecule has 40 heavy (non-hydrogen) atoms. The third-order valence-electron chi connectivity index (χ3n) is 6.10. The van der Waals surface area contributed by atoms with Crippen molar-refractivity contribution in [2.75, 3.05) is 20.3 Å². The van der Waals surface area contributed by atoms with Crippen LogP contribution < -0.4 is 14.8 Å². The van der Waals surface area contributed by atoms with Crippen molar-refractivity contribution >= 4 is 11.9 Å². The van der Waals surface area contributed by atoms with Crippen LogP contribution in [0.1, 0.15) is 86.8 Å². The number of carbonyl (C=O) groups excluding carboxylic acids is 2. The van der Waals surface area contributed by atoms with Crippen LogP contribution in [0.4, 0.5) is 13.2 Å². The fourth-order valence-corrected chi connectivity index (χ4v) is 3.70. The van der Waals surface area contributed by atoms with Gasteiger partial charge in [0.15, 0.2) is 11.5 Å². The number of benzene rings is 1. The summed E-state index contributed by atoms with van der Waals surface area (Å²) >= 11 is 0. The number of pyridine rings is 1. The first-order chi connectivity index (χ1) is 18.6. The van der Waals surface area contributed by atoms with Gasteiger partial charge >= 0.3 is 12.1 Å². The Balaban J connectivity index is 0.00000391. The predicted molar refractivity (Wildman–Crippen MR) is 146 cm³/mol. The normalized spacial score (nSPS) is 13.4. The average Bonchev–Trinajstić information content (AvgIpc) is 2.91. The number of methoxy groups -OCH3 is 1. The van der Waals surface area contributed by atoms with E-state index in [1.807, 2.05) is 27.7 Å². The highest BCUT2D eigenvalue weighted by Crippen LogP contribution is 2.39. The monoisotopic (exact) mass is 570 g/mol. The van der Waals surface area contributed by atoms with Crippen LogP contribution in [0.2, 0.25) is 0 Å². The number of amides is 1. The second-order valence-electron chi connectivity index (χ2n) is 9.33. The minimum Gasteiger partial charge on any atom is -0.493 e. The molecule has 1 amide bonds. The van der Waals surface area contributed by atoms with Crippen molar-refractivity contribution in [1.82, 2.24) is 10.3 Å². The zero-order valence-electron chi connectivity index (χ0n) is 24.7. The number of hydrogen-bond donors (Lipinski definition) is 2. The lowest BCUT2D eigenvalue weighted by Crippen LogP contribution is -2.51. The van der Waals surface area contributed by atoms with Gasteiger partial charge in [0, 0.05) is 17.7 Å². The molecule has 0 saturated heterocycles. The number of aryl methyl sites for hydroxylation is 1. The molecule has 2 N–H and O–H groups in total. The maximum atomic E-state index is 14.1. The quantitative estimate of drug-likeness (QED) is 0.331. The SMILES string of the molecule is CC.CCC(=O)OC(C)COc1ccc(C(=O)NCC(O)(c2cc(C(C)C)c(C)c(C)n2)C(F)(F)F)cc1OC. The molecule has 0 radical (unpaired) electrons. The second kappa shape index (κ2) is 14.9. The Morgan fingerprint density at radius 2 is 1.70 bits per heavy atom. The minimum absolute atomic E-state index is 0.0138. The summed E-state index contributed by atoms with van der Waals surface area (Å²) in [6, 6.07) is 5.29. The fraction of sp³-hybridized carbons (Fsp3) is 0.552. The van der Waals surface area contributed by atoms with E-state index in [0.717, 1.165) is 5.56 Å². The van der Waals surface area contributed by atoms with Gasteiger partial charge in [-0.1, -0.05) is 34.6 Å². The molecule has 0 aliphatic carbocycles. The highest BCUT2D eigenvalue weighted by molar-refractivity contribution is 5.95. The first-order valence-corrected chi connectivity index (χ1v) is 13.2. The van der Waals surface area contributed by atoms with Crippen molar-refractivity contribution in [1.29, 1.82) is 0 Å². The summed E-state index contributed by atoms with van der Waals surface area (Å²) in [7, 11) is 1.34. The Morgan fingerprint density at radius 1 is 1.07 bits per heavy atom. The molecule has 11 heteroatoms. The summed E-state index contributed by atoms with van der Waals surface area (Å²) < 4.78 is 58.4. The van der Waals surface area contributed by atoms with Crippen LogP contribution in [0.25, 0.3) is 0 Å². The number of carbonyl (C=O) groups is 2. The van der Waals surface area contributed by atoms with Crippen LogP contribution in [0.15, 0.2) is 24.3 Å². The summed E-state index contributed by atoms with van der Waals surface area (Å²) in [5.41, 5.74) is -2.29. The highest BCUT2D eigenvalue weighted by Gasteiger charge is 2.56. The third-order valence-corrected chi connectivity index (χ3v) is 6.10. The zero-order valence-corrected chi connectivity index (χ0v) is 24.7. The van der Waals surface area contributed by atoms with Gasteiger partial charge in [0.2, 0.25) is 5.60 Å². The van der Waals surface area contributed by atoms with E-state index in [0.29, 0.717) is 11.3 Å². The number of ether oxygens (including phenoxy) is 3. The molecular weight excluding hydrogens is 529 g/mol. The molecule has 2 atom stereocenters. The first kappa shape index (κ1) is 34.7. The first-order valence-electron chi connectivity index (χ1n) is 13.2. The summed E-state index contributed by atoms with van der Waals surface area (Å²) in [6.07, 6.45) is -5.43. The predicted octanol–water partition coefficient (Wildman–Crippen LogP) is 5.76. The van der Waals surface area contributed by atoms with Gasteiger partial charge < -0.3 is 24.6 Å². The Bertz CT molecular complexity index is 1150. The van der Waals surface area contributed by atoms with Gasteiger partial charge in [-0.3, -0.25) is 14.6 Å². The molecule has 0 aliphatic rings. The molecule has 0 fully saturated rings. The molecule has 224 valence electrons. The van der Waals surface area contributed by atoms with Crippen molar-refractivity contribution < 1.29 is 42.1 Å². The lowest BCUT2D eigenvalue weighted by atomic mass is 9.90. The van der Waals surface area contributed by atoms with E-state index in [2.05, 4.69) is 10.3 Å². The smallest absolute Gasteiger partial charge is 0.424 e. The number of nitrogens with zero attached hydrogens (tertiary/aromatic N) is 1. The fourth-order valence-electron chi connectivity index (χ4n) is 3.70. The molecule has 0 aliphatic heterocycles. The van der Waals surface area contributed by atoms with Crippen LogP contribution in [0.3, 0.4) is 0 Å². The summed E-state index contributed by atoms with van der Waals surface area (Å²) in [5, 5.41) is 13.0. The molecule has 0 spiro atoms. The number of esters is 1. The lowest BCUT2D eigenvalue weighted by Gasteiger charge is -2.31. The van der Waals surface area contributed by atoms with Crippen molar-refractivity contribution in [3.63, 3.8) is 0 Å². The molecule has 8 nitrogen and oxygen atoms in total. The number of alkyl halides is 3. The van der Waals surface area contributed by atoms with Gasteiger partial charge in [-0.15, -0.1) is 0 Å². The standard InChI is InChI=1S/C27H35F3N2O6.C2H6/c1-8-24(33)38-16(4)13-37-21-10-9-19(11-22(21)36-7)25(34)31-14-26(35,27(28,29)30)23-12-20(15(2)3)17(5)18(6)32-23;1-2/h9-12,15-16,35H,8,13-14H2,1-7H3,(H,31,34);1-2H3. The van der Waals surface area contributed by atoms with E-state index in [-0.39, 0.29) is 42.0 Å². The van der Waals surface area contributed by atoms with Crippen LogP contribution in [0.5, 0.6) is 11.5 Å². The third kappa shape index (κ3) is 8.58. The van der Waals surface area contributed by atoms with Crippen LogP contribution in [0, 0.1) is 13.8 Å². The van der Waals surface area contributed by atoms with Crippen LogP contribution in [-0.2, 0) is 15.1 Å². The Morgan fingerprint density at radius 3 is 2.23 bits per heavy atom. The molecule has 1 aromatic carbocycles. The Hall–Kier alpha value is -3.34. The number of nitrogens with one attached hydrogen (secondary N) is 1. The van der Waals surface area contributed by atoms with Gasteiger partial charge in [0.1, 0.15) is 12.7 Å². The molecule has 1 aromatic heterocycles. The molecule has 2 rings (SSSR count). The van der Waals surface area contributed by atoms with E-state index in [1.54, 1.807) is 27.7 Å².